The number of rotatable bonds is 38. The van der Waals surface area contributed by atoms with E-state index in [0.717, 1.165) is 42.6 Å². The Balaban J connectivity index is 0.000000438. The van der Waals surface area contributed by atoms with E-state index in [9.17, 15) is 38.4 Å². The summed E-state index contributed by atoms with van der Waals surface area (Å²) in [4.78, 5) is 103. The third-order valence-corrected chi connectivity index (χ3v) is 13.9. The largest absolute Gasteiger partial charge is 0.496 e. The van der Waals surface area contributed by atoms with Crippen molar-refractivity contribution in [1.29, 1.82) is 0 Å². The number of hydrogen-bond donors (Lipinski definition) is 9. The molecule has 0 aliphatic carbocycles. The number of nitrogens with two attached hydrogens (primary N) is 6. The van der Waals surface area contributed by atoms with Crippen molar-refractivity contribution in [3.63, 3.8) is 0 Å². The molecule has 21 nitrogen and oxygen atoms in total. The van der Waals surface area contributed by atoms with Gasteiger partial charge >= 0.3 is 0 Å². The second kappa shape index (κ2) is 37.5. The molecule has 0 saturated heterocycles. The molecular weight excluding hydrogens is 1060 g/mol. The van der Waals surface area contributed by atoms with Crippen LogP contribution in [0.2, 0.25) is 0 Å². The van der Waals surface area contributed by atoms with Gasteiger partial charge in [0, 0.05) is 32.6 Å². The van der Waals surface area contributed by atoms with Crippen molar-refractivity contribution < 1.29 is 57.3 Å². The number of unbranched alkanes of at least 4 members (excludes halogenated alkanes) is 4. The molecule has 83 heavy (non-hydrogen) atoms. The van der Waals surface area contributed by atoms with Gasteiger partial charge in [0.25, 0.3) is 17.7 Å². The summed E-state index contributed by atoms with van der Waals surface area (Å²) in [5, 5.41) is 8.44. The Morgan fingerprint density at radius 1 is 0.422 bits per heavy atom. The van der Waals surface area contributed by atoms with Crippen molar-refractivity contribution >= 4 is 46.8 Å². The summed E-state index contributed by atoms with van der Waals surface area (Å²) >= 11 is 0. The molecule has 0 aliphatic rings. The average Bonchev–Trinajstić information content (AvgIpc) is 3.62. The van der Waals surface area contributed by atoms with Crippen LogP contribution in [0, 0.1) is 6.92 Å². The minimum absolute atomic E-state index is 0.0175. The smallest absolute Gasteiger partial charge is 0.255 e. The van der Waals surface area contributed by atoms with Gasteiger partial charge in [0.1, 0.15) is 23.0 Å². The highest BCUT2D eigenvalue weighted by molar-refractivity contribution is 6.02. The van der Waals surface area contributed by atoms with Crippen LogP contribution in [0.4, 0.5) is 0 Å². The Labute approximate surface area is 488 Å². The lowest BCUT2D eigenvalue weighted by molar-refractivity contribution is -0.126. The Morgan fingerprint density at radius 2 is 0.735 bits per heavy atom. The Kier molecular flexibility index (Phi) is 31.5. The van der Waals surface area contributed by atoms with Crippen LogP contribution >= 0.6 is 0 Å². The fourth-order valence-corrected chi connectivity index (χ4v) is 9.30. The first-order valence-corrected chi connectivity index (χ1v) is 28.3. The predicted molar refractivity (Wildman–Crippen MR) is 320 cm³/mol. The summed E-state index contributed by atoms with van der Waals surface area (Å²) < 4.78 is 21.3. The van der Waals surface area contributed by atoms with E-state index in [0.29, 0.717) is 106 Å². The number of hydrogen-bond acceptors (Lipinski definition) is 17. The molecule has 0 saturated carbocycles. The van der Waals surface area contributed by atoms with E-state index in [-0.39, 0.29) is 77.2 Å². The quantitative estimate of drug-likeness (QED) is 0.0284. The van der Waals surface area contributed by atoms with Gasteiger partial charge in [-0.05, 0) is 174 Å². The summed E-state index contributed by atoms with van der Waals surface area (Å²) in [5.74, 6) is -0.968. The minimum atomic E-state index is -0.852. The number of nitrogens with one attached hydrogen (secondary N) is 3. The molecule has 0 radical (unpaired) electrons. The maximum Gasteiger partial charge on any atom is 0.255 e. The zero-order valence-electron chi connectivity index (χ0n) is 49.2. The molecule has 0 unspecified atom stereocenters. The molecule has 0 aromatic heterocycles. The van der Waals surface area contributed by atoms with Crippen LogP contribution < -0.4 is 69.3 Å². The summed E-state index contributed by atoms with van der Waals surface area (Å²) in [6.07, 6.45) is 7.76. The number of ether oxygens (including phenoxy) is 4. The lowest BCUT2D eigenvalue weighted by atomic mass is 9.96. The van der Waals surface area contributed by atoms with Gasteiger partial charge in [-0.3, -0.25) is 38.4 Å². The van der Waals surface area contributed by atoms with Crippen LogP contribution in [0.3, 0.4) is 0 Å². The first-order chi connectivity index (χ1) is 39.8. The highest BCUT2D eigenvalue weighted by Gasteiger charge is 2.27. The maximum atomic E-state index is 13.5. The highest BCUT2D eigenvalue weighted by atomic mass is 16.5. The van der Waals surface area contributed by atoms with Gasteiger partial charge < -0.3 is 69.3 Å². The molecule has 4 amide bonds. The Bertz CT molecular complexity index is 2790. The number of primary amides is 1. The van der Waals surface area contributed by atoms with Crippen molar-refractivity contribution in [3.8, 4) is 23.0 Å². The zero-order chi connectivity index (χ0) is 61.4. The zero-order valence-corrected chi connectivity index (χ0v) is 49.2. The third kappa shape index (κ3) is 23.7. The number of methoxy groups -OCH3 is 4. The van der Waals surface area contributed by atoms with Crippen molar-refractivity contribution in [2.75, 3.05) is 54.6 Å². The predicted octanol–water partition coefficient (Wildman–Crippen LogP) is 4.21. The van der Waals surface area contributed by atoms with Gasteiger partial charge in [-0.15, -0.1) is 0 Å². The van der Waals surface area contributed by atoms with Gasteiger partial charge in [0.2, 0.25) is 5.91 Å². The van der Waals surface area contributed by atoms with E-state index in [1.54, 1.807) is 55.6 Å². The topological polar surface area (TPSA) is 366 Å². The van der Waals surface area contributed by atoms with Gasteiger partial charge in [0.05, 0.1) is 69.3 Å². The Hall–Kier alpha value is -7.56. The molecule has 15 N–H and O–H groups in total. The van der Waals surface area contributed by atoms with Crippen molar-refractivity contribution in [2.24, 2.45) is 34.4 Å². The van der Waals surface area contributed by atoms with Gasteiger partial charge in [-0.1, -0.05) is 36.8 Å². The summed E-state index contributed by atoms with van der Waals surface area (Å²) in [5.41, 5.74) is 38.0. The molecule has 454 valence electrons. The number of benzene rings is 4. The first kappa shape index (κ1) is 69.7. The second-order valence-corrected chi connectivity index (χ2v) is 20.4. The lowest BCUT2D eigenvalue weighted by Crippen LogP contribution is -2.42. The molecule has 4 aromatic carbocycles. The fraction of sp³-hybridized carbons (Fsp3) is 0.484. The van der Waals surface area contributed by atoms with E-state index < -0.39 is 41.9 Å². The molecule has 4 atom stereocenters. The van der Waals surface area contributed by atoms with Gasteiger partial charge in [0.15, 0.2) is 23.1 Å². The van der Waals surface area contributed by atoms with Gasteiger partial charge in [-0.2, -0.15) is 0 Å². The molecule has 4 rings (SSSR count). The second-order valence-electron chi connectivity index (χ2n) is 20.4. The van der Waals surface area contributed by atoms with Crippen molar-refractivity contribution in [3.05, 3.63) is 117 Å². The van der Waals surface area contributed by atoms with E-state index in [1.807, 2.05) is 25.1 Å². The van der Waals surface area contributed by atoms with Crippen LogP contribution in [0.5, 0.6) is 23.0 Å². The monoisotopic (exact) mass is 1150 g/mol. The Morgan fingerprint density at radius 3 is 1.07 bits per heavy atom. The molecule has 0 fully saturated rings. The number of carbonyl (C=O) groups excluding carboxylic acids is 8. The SMILES string of the molecule is COc1ccc(CC(=O)[C@H](CCCCN)NC(=O)c2cc(CC(=O)[C@@H](N)CCCCN)ccc2OC)cc1C.COc1ccc(CC(=O)[C@H](CCCCN)NC(=O)c2cc(CC(=O)[C@H](CCCCN)NC(C)=O)ccc2OC)cc1C(N)=O. The maximum absolute atomic E-state index is 13.5. The lowest BCUT2D eigenvalue weighted by Gasteiger charge is -2.20. The van der Waals surface area contributed by atoms with E-state index in [1.165, 1.54) is 34.3 Å². The normalized spacial score (nSPS) is 12.3. The third-order valence-electron chi connectivity index (χ3n) is 13.9. The number of ketones is 4. The number of amides is 4. The molecular formula is C62H89N9O12. The van der Waals surface area contributed by atoms with Gasteiger partial charge in [-0.25, -0.2) is 0 Å². The van der Waals surface area contributed by atoms with Crippen LogP contribution in [0.25, 0.3) is 0 Å². The molecule has 21 heteroatoms. The minimum Gasteiger partial charge on any atom is -0.496 e. The highest BCUT2D eigenvalue weighted by Crippen LogP contribution is 2.26. The van der Waals surface area contributed by atoms with Crippen molar-refractivity contribution in [2.45, 2.75) is 141 Å². The van der Waals surface area contributed by atoms with Crippen molar-refractivity contribution in [1.82, 2.24) is 16.0 Å². The molecule has 0 spiro atoms. The number of carbonyl (C=O) groups is 8. The fourth-order valence-electron chi connectivity index (χ4n) is 9.30. The van der Waals surface area contributed by atoms with Crippen LogP contribution in [0.1, 0.15) is 143 Å². The van der Waals surface area contributed by atoms with Crippen LogP contribution in [-0.4, -0.2) is 126 Å². The van der Waals surface area contributed by atoms with E-state index >= 15 is 0 Å². The molecule has 4 aromatic rings. The van der Waals surface area contributed by atoms with Crippen LogP contribution in [0.15, 0.2) is 72.8 Å². The first-order valence-electron chi connectivity index (χ1n) is 28.3. The summed E-state index contributed by atoms with van der Waals surface area (Å²) in [7, 11) is 5.91. The molecule has 0 aliphatic heterocycles. The molecule has 0 heterocycles. The summed E-state index contributed by atoms with van der Waals surface area (Å²) in [6.45, 7) is 5.27. The summed E-state index contributed by atoms with van der Waals surface area (Å²) in [6, 6.07) is 17.4. The average molecular weight is 1150 g/mol. The standard InChI is InChI=1S/C32H45N5O7.C30H44N4O5/c1-20(38)36-25(8-4-6-14-33)27(39)19-22-11-13-30(44-3)24(17-22)32(42)37-26(9-5-7-15-34)28(40)18-21-10-12-29(43-2)23(16-21)31(35)41;1-20-16-21(10-12-28(20)38-2)19-27(36)25(9-5-7-15-32)34-30(37)23-17-22(11-13-29(23)39-3)18-26(35)24(33)8-4-6-14-31/h10-13,16-17,25-26H,4-9,14-15,18-19,33-34H2,1-3H3,(H2,35,41)(H,36,38)(H,37,42);10-13,16-17,24-25H,4-9,14-15,18-19,31-33H2,1-3H3,(H,34,37)/t25-,26-;24-,25-/m00/s1. The molecule has 0 bridgehead atoms. The number of Topliss-reactive ketones (excluding diaryl/α,β-unsaturated/α-hetero) is 4. The number of aryl methyl sites for hydroxylation is 1. The van der Waals surface area contributed by atoms with E-state index in [4.69, 9.17) is 53.3 Å². The van der Waals surface area contributed by atoms with E-state index in [2.05, 4.69) is 16.0 Å². The van der Waals surface area contributed by atoms with Crippen LogP contribution in [-0.2, 0) is 49.7 Å².